The van der Waals surface area contributed by atoms with E-state index in [0.29, 0.717) is 21.8 Å². The van der Waals surface area contributed by atoms with Crippen molar-refractivity contribution in [1.82, 2.24) is 0 Å². The molecular weight excluding hydrogens is 414 g/mol. The number of hydrogen-bond donors (Lipinski definition) is 2. The Bertz CT molecular complexity index is 1210. The Morgan fingerprint density at radius 2 is 1.58 bits per heavy atom. The highest BCUT2D eigenvalue weighted by molar-refractivity contribution is 6.51. The van der Waals surface area contributed by atoms with Gasteiger partial charge in [0.25, 0.3) is 11.7 Å². The van der Waals surface area contributed by atoms with Crippen LogP contribution in [0.5, 0.6) is 5.75 Å². The van der Waals surface area contributed by atoms with E-state index in [-0.39, 0.29) is 17.1 Å². The van der Waals surface area contributed by atoms with E-state index in [1.807, 2.05) is 32.0 Å². The molecule has 2 N–H and O–H groups in total. The maximum absolute atomic E-state index is 13.2. The molecule has 0 aliphatic carbocycles. The third-order valence-corrected chi connectivity index (χ3v) is 5.65. The maximum Gasteiger partial charge on any atom is 0.300 e. The van der Waals surface area contributed by atoms with Crippen molar-refractivity contribution in [2.45, 2.75) is 19.9 Å². The highest BCUT2D eigenvalue weighted by Crippen LogP contribution is 2.43. The number of anilines is 1. The van der Waals surface area contributed by atoms with Crippen molar-refractivity contribution >= 4 is 34.7 Å². The van der Waals surface area contributed by atoms with Crippen LogP contribution in [0.1, 0.15) is 28.3 Å². The zero-order valence-electron chi connectivity index (χ0n) is 17.0. The second-order valence-electron chi connectivity index (χ2n) is 7.56. The summed E-state index contributed by atoms with van der Waals surface area (Å²) >= 11 is 5.95. The molecule has 0 radical (unpaired) electrons. The molecule has 31 heavy (non-hydrogen) atoms. The Kier molecular flexibility index (Phi) is 5.29. The van der Waals surface area contributed by atoms with Gasteiger partial charge in [0.15, 0.2) is 0 Å². The average molecular weight is 434 g/mol. The number of aliphatic hydroxyl groups is 1. The fraction of sp³-hybridized carbons (Fsp3) is 0.120. The van der Waals surface area contributed by atoms with Gasteiger partial charge >= 0.3 is 0 Å². The molecule has 1 aliphatic rings. The Morgan fingerprint density at radius 3 is 2.23 bits per heavy atom. The molecule has 156 valence electrons. The summed E-state index contributed by atoms with van der Waals surface area (Å²) in [5.74, 6) is -1.71. The molecule has 0 spiro atoms. The minimum atomic E-state index is -0.850. The molecule has 1 fully saturated rings. The number of carbonyl (C=O) groups is 2. The smallest absolute Gasteiger partial charge is 0.300 e. The SMILES string of the molecule is Cc1ccc(C)c(N2C(=O)C(=O)/C(=C(/O)c3ccc(Cl)cc3)C2c2ccc(O)cc2)c1. The number of phenolic OH excluding ortho intramolecular Hbond substituents is 1. The van der Waals surface area contributed by atoms with E-state index in [9.17, 15) is 19.8 Å². The molecule has 1 heterocycles. The monoisotopic (exact) mass is 433 g/mol. The van der Waals surface area contributed by atoms with Crippen molar-refractivity contribution in [3.8, 4) is 5.75 Å². The largest absolute Gasteiger partial charge is 0.508 e. The van der Waals surface area contributed by atoms with Crippen LogP contribution in [0.2, 0.25) is 5.02 Å². The first-order valence-corrected chi connectivity index (χ1v) is 10.1. The van der Waals surface area contributed by atoms with Crippen LogP contribution in [-0.2, 0) is 9.59 Å². The quantitative estimate of drug-likeness (QED) is 0.334. The number of aliphatic hydroxyl groups excluding tert-OH is 1. The van der Waals surface area contributed by atoms with Crippen molar-refractivity contribution < 1.29 is 19.8 Å². The summed E-state index contributed by atoms with van der Waals surface area (Å²) in [6.45, 7) is 3.77. The van der Waals surface area contributed by atoms with Crippen LogP contribution in [0, 0.1) is 13.8 Å². The number of hydrogen-bond acceptors (Lipinski definition) is 4. The molecule has 0 saturated carbocycles. The third-order valence-electron chi connectivity index (χ3n) is 5.40. The lowest BCUT2D eigenvalue weighted by Crippen LogP contribution is -2.30. The highest BCUT2D eigenvalue weighted by atomic mass is 35.5. The molecule has 6 heteroatoms. The number of carbonyl (C=O) groups excluding carboxylic acids is 2. The molecule has 3 aromatic rings. The molecule has 0 aromatic heterocycles. The lowest BCUT2D eigenvalue weighted by Gasteiger charge is -2.27. The predicted octanol–water partition coefficient (Wildman–Crippen LogP) is 5.29. The third kappa shape index (κ3) is 3.68. The van der Waals surface area contributed by atoms with Crippen LogP contribution >= 0.6 is 11.6 Å². The lowest BCUT2D eigenvalue weighted by molar-refractivity contribution is -0.132. The van der Waals surface area contributed by atoms with E-state index in [1.165, 1.54) is 17.0 Å². The molecule has 0 bridgehead atoms. The van der Waals surface area contributed by atoms with Gasteiger partial charge in [-0.15, -0.1) is 0 Å². The number of amides is 1. The molecule has 1 atom stereocenters. The van der Waals surface area contributed by atoms with E-state index in [0.717, 1.165) is 11.1 Å². The van der Waals surface area contributed by atoms with Gasteiger partial charge in [-0.05, 0) is 73.0 Å². The molecule has 1 amide bonds. The van der Waals surface area contributed by atoms with Crippen LogP contribution in [-0.4, -0.2) is 21.9 Å². The number of halogens is 1. The predicted molar refractivity (Wildman–Crippen MR) is 120 cm³/mol. The molecule has 1 unspecified atom stereocenters. The van der Waals surface area contributed by atoms with Crippen LogP contribution < -0.4 is 4.90 Å². The maximum atomic E-state index is 13.2. The number of ketones is 1. The number of benzene rings is 3. The number of phenols is 1. The number of nitrogens with zero attached hydrogens (tertiary/aromatic N) is 1. The lowest BCUT2D eigenvalue weighted by atomic mass is 9.94. The minimum Gasteiger partial charge on any atom is -0.508 e. The standard InChI is InChI=1S/C25H20ClNO4/c1-14-3-4-15(2)20(13-14)27-22(16-7-11-19(28)12-8-16)21(24(30)25(27)31)23(29)17-5-9-18(26)10-6-17/h3-13,22,28-29H,1-2H3/b23-21+. The summed E-state index contributed by atoms with van der Waals surface area (Å²) in [6.07, 6.45) is 0. The number of Topliss-reactive ketones (excluding diaryl/α,β-unsaturated/α-hetero) is 1. The second-order valence-corrected chi connectivity index (χ2v) is 7.99. The summed E-state index contributed by atoms with van der Waals surface area (Å²) in [6, 6.07) is 17.5. The van der Waals surface area contributed by atoms with Gasteiger partial charge in [0.2, 0.25) is 0 Å². The van der Waals surface area contributed by atoms with E-state index in [2.05, 4.69) is 0 Å². The summed E-state index contributed by atoms with van der Waals surface area (Å²) < 4.78 is 0. The van der Waals surface area contributed by atoms with Crippen molar-refractivity contribution in [3.63, 3.8) is 0 Å². The van der Waals surface area contributed by atoms with Gasteiger partial charge in [-0.1, -0.05) is 35.9 Å². The van der Waals surface area contributed by atoms with E-state index in [1.54, 1.807) is 36.4 Å². The minimum absolute atomic E-state index is 0.0149. The molecular formula is C25H20ClNO4. The first-order valence-electron chi connectivity index (χ1n) is 9.71. The molecule has 1 aliphatic heterocycles. The Morgan fingerprint density at radius 1 is 0.935 bits per heavy atom. The van der Waals surface area contributed by atoms with Gasteiger partial charge in [-0.2, -0.15) is 0 Å². The van der Waals surface area contributed by atoms with Crippen molar-refractivity contribution in [2.75, 3.05) is 4.90 Å². The molecule has 3 aromatic carbocycles. The molecule has 1 saturated heterocycles. The highest BCUT2D eigenvalue weighted by Gasteiger charge is 2.47. The zero-order chi connectivity index (χ0) is 22.3. The zero-order valence-corrected chi connectivity index (χ0v) is 17.7. The van der Waals surface area contributed by atoms with Gasteiger partial charge in [-0.3, -0.25) is 14.5 Å². The van der Waals surface area contributed by atoms with Gasteiger partial charge < -0.3 is 10.2 Å². The molecule has 4 rings (SSSR count). The van der Waals surface area contributed by atoms with Gasteiger partial charge in [0.05, 0.1) is 11.6 Å². The van der Waals surface area contributed by atoms with Crippen LogP contribution in [0.3, 0.4) is 0 Å². The summed E-state index contributed by atoms with van der Waals surface area (Å²) in [4.78, 5) is 27.7. The van der Waals surface area contributed by atoms with Crippen LogP contribution in [0.4, 0.5) is 5.69 Å². The Labute approximate surface area is 184 Å². The van der Waals surface area contributed by atoms with Crippen LogP contribution in [0.25, 0.3) is 5.76 Å². The van der Waals surface area contributed by atoms with Gasteiger partial charge in [0.1, 0.15) is 11.5 Å². The van der Waals surface area contributed by atoms with Crippen LogP contribution in [0.15, 0.2) is 72.3 Å². The first-order chi connectivity index (χ1) is 14.8. The number of aryl methyl sites for hydroxylation is 2. The summed E-state index contributed by atoms with van der Waals surface area (Å²) in [7, 11) is 0. The summed E-state index contributed by atoms with van der Waals surface area (Å²) in [5, 5.41) is 21.3. The fourth-order valence-corrected chi connectivity index (χ4v) is 3.92. The second kappa shape index (κ2) is 7.93. The Hall–Kier alpha value is -3.57. The number of aromatic hydroxyl groups is 1. The van der Waals surface area contributed by atoms with E-state index < -0.39 is 17.7 Å². The van der Waals surface area contributed by atoms with Crippen molar-refractivity contribution in [1.29, 1.82) is 0 Å². The van der Waals surface area contributed by atoms with Gasteiger partial charge in [0, 0.05) is 16.3 Å². The van der Waals surface area contributed by atoms with E-state index >= 15 is 0 Å². The van der Waals surface area contributed by atoms with Crippen molar-refractivity contribution in [2.24, 2.45) is 0 Å². The molecule has 5 nitrogen and oxygen atoms in total. The van der Waals surface area contributed by atoms with Crippen molar-refractivity contribution in [3.05, 3.63) is 99.6 Å². The normalized spacial score (nSPS) is 17.9. The first kappa shape index (κ1) is 20.7. The summed E-state index contributed by atoms with van der Waals surface area (Å²) in [5.41, 5.74) is 3.31. The average Bonchev–Trinajstić information content (AvgIpc) is 3.01. The van der Waals surface area contributed by atoms with Gasteiger partial charge in [-0.25, -0.2) is 0 Å². The van der Waals surface area contributed by atoms with E-state index in [4.69, 9.17) is 11.6 Å². The number of rotatable bonds is 3. The topological polar surface area (TPSA) is 77.8 Å². The Balaban J connectivity index is 1.97. The fourth-order valence-electron chi connectivity index (χ4n) is 3.80.